The average Bonchev–Trinajstić information content (AvgIpc) is 2.61. The molecule has 0 bridgehead atoms. The molecule has 0 saturated heterocycles. The second-order valence-corrected chi connectivity index (χ2v) is 9.25. The number of carbonyl (C=O) groups is 2. The summed E-state index contributed by atoms with van der Waals surface area (Å²) in [6, 6.07) is 11.2. The first-order valence-electron chi connectivity index (χ1n) is 9.46. The van der Waals surface area contributed by atoms with Gasteiger partial charge in [0, 0.05) is 40.1 Å². The third kappa shape index (κ3) is 3.60. The van der Waals surface area contributed by atoms with Gasteiger partial charge in [-0.2, -0.15) is 0 Å². The molecule has 29 heavy (non-hydrogen) atoms. The summed E-state index contributed by atoms with van der Waals surface area (Å²) in [5, 5.41) is 0.901. The van der Waals surface area contributed by atoms with Crippen molar-refractivity contribution in [3.8, 4) is 0 Å². The van der Waals surface area contributed by atoms with Crippen molar-refractivity contribution in [2.24, 2.45) is 5.41 Å². The molecule has 0 N–H and O–H groups in total. The predicted molar refractivity (Wildman–Crippen MR) is 113 cm³/mol. The maximum atomic E-state index is 14.6. The Morgan fingerprint density at radius 2 is 1.79 bits per heavy atom. The molecule has 1 atom stereocenters. The monoisotopic (exact) mass is 431 g/mol. The van der Waals surface area contributed by atoms with E-state index in [-0.39, 0.29) is 29.2 Å². The van der Waals surface area contributed by atoms with E-state index in [9.17, 15) is 14.0 Å². The Labute approximate surface area is 179 Å². The van der Waals surface area contributed by atoms with E-state index in [1.54, 1.807) is 36.4 Å². The third-order valence-electron chi connectivity index (χ3n) is 5.57. The highest BCUT2D eigenvalue weighted by molar-refractivity contribution is 6.35. The van der Waals surface area contributed by atoms with E-state index in [0.717, 1.165) is 0 Å². The zero-order valence-electron chi connectivity index (χ0n) is 16.1. The minimum Gasteiger partial charge on any atom is -0.294 e. The third-order valence-corrected chi connectivity index (χ3v) is 6.14. The Kier molecular flexibility index (Phi) is 5.04. The van der Waals surface area contributed by atoms with Crippen LogP contribution in [0.5, 0.6) is 0 Å². The summed E-state index contributed by atoms with van der Waals surface area (Å²) in [6.07, 6.45) is 0.906. The maximum Gasteiger partial charge on any atom is 0.232 e. The van der Waals surface area contributed by atoms with Gasteiger partial charge < -0.3 is 0 Å². The molecule has 0 fully saturated rings. The smallest absolute Gasteiger partial charge is 0.232 e. The van der Waals surface area contributed by atoms with Gasteiger partial charge in [0.15, 0.2) is 5.78 Å². The number of carbonyl (C=O) groups excluding carboxylic acids is 2. The fourth-order valence-corrected chi connectivity index (χ4v) is 4.92. The maximum absolute atomic E-state index is 14.6. The molecule has 4 rings (SSSR count). The molecule has 6 heteroatoms. The number of halogens is 3. The highest BCUT2D eigenvalue weighted by Gasteiger charge is 2.45. The summed E-state index contributed by atoms with van der Waals surface area (Å²) in [4.78, 5) is 27.8. The van der Waals surface area contributed by atoms with E-state index in [0.29, 0.717) is 39.7 Å². The van der Waals surface area contributed by atoms with Crippen molar-refractivity contribution in [1.29, 1.82) is 0 Å². The van der Waals surface area contributed by atoms with Gasteiger partial charge in [0.2, 0.25) is 5.91 Å². The molecular weight excluding hydrogens is 412 g/mol. The summed E-state index contributed by atoms with van der Waals surface area (Å²) in [6.45, 7) is 3.97. The number of allylic oxidation sites excluding steroid dienone is 2. The molecule has 0 spiro atoms. The molecule has 3 nitrogen and oxygen atoms in total. The highest BCUT2D eigenvalue weighted by Crippen LogP contribution is 2.49. The average molecular weight is 432 g/mol. The second kappa shape index (κ2) is 7.26. The summed E-state index contributed by atoms with van der Waals surface area (Å²) in [7, 11) is 0. The molecule has 0 radical (unpaired) electrons. The van der Waals surface area contributed by atoms with Crippen molar-refractivity contribution in [2.75, 3.05) is 4.90 Å². The number of hydrogen-bond donors (Lipinski definition) is 0. The van der Waals surface area contributed by atoms with Crippen LogP contribution >= 0.6 is 23.2 Å². The lowest BCUT2D eigenvalue weighted by atomic mass is 9.69. The van der Waals surface area contributed by atoms with Crippen molar-refractivity contribution in [2.45, 2.75) is 39.0 Å². The summed E-state index contributed by atoms with van der Waals surface area (Å²) < 4.78 is 14.6. The Morgan fingerprint density at radius 3 is 2.48 bits per heavy atom. The molecule has 2 aromatic carbocycles. The number of amides is 1. The van der Waals surface area contributed by atoms with E-state index in [1.807, 2.05) is 13.8 Å². The highest BCUT2D eigenvalue weighted by atomic mass is 35.5. The Bertz CT molecular complexity index is 1060. The largest absolute Gasteiger partial charge is 0.294 e. The van der Waals surface area contributed by atoms with Gasteiger partial charge >= 0.3 is 0 Å². The molecule has 150 valence electrons. The van der Waals surface area contributed by atoms with Crippen molar-refractivity contribution in [1.82, 2.24) is 0 Å². The number of ketones is 1. The molecule has 2 aromatic rings. The van der Waals surface area contributed by atoms with Crippen LogP contribution in [0, 0.1) is 11.2 Å². The molecule has 0 saturated carbocycles. The SMILES string of the molecule is CC1(C)CC(=O)C2=C(C1)N(c1ccccc1F)C(=O)CC2c1ccc(Cl)cc1Cl. The molecule has 1 amide bonds. The predicted octanol–water partition coefficient (Wildman–Crippen LogP) is 6.30. The number of anilines is 1. The Balaban J connectivity index is 1.94. The van der Waals surface area contributed by atoms with E-state index < -0.39 is 11.7 Å². The molecule has 0 aromatic heterocycles. The van der Waals surface area contributed by atoms with E-state index in [2.05, 4.69) is 0 Å². The van der Waals surface area contributed by atoms with Gasteiger partial charge in [0.25, 0.3) is 0 Å². The van der Waals surface area contributed by atoms with Crippen LogP contribution in [-0.4, -0.2) is 11.7 Å². The lowest BCUT2D eigenvalue weighted by molar-refractivity contribution is -0.121. The summed E-state index contributed by atoms with van der Waals surface area (Å²) >= 11 is 12.4. The minimum absolute atomic E-state index is 0.0268. The quantitative estimate of drug-likeness (QED) is 0.559. The second-order valence-electron chi connectivity index (χ2n) is 8.40. The van der Waals surface area contributed by atoms with Crippen LogP contribution in [0.3, 0.4) is 0 Å². The summed E-state index contributed by atoms with van der Waals surface area (Å²) in [5.74, 6) is -1.24. The molecular formula is C23H20Cl2FNO2. The molecule has 1 heterocycles. The lowest BCUT2D eigenvalue weighted by Gasteiger charge is -2.43. The summed E-state index contributed by atoms with van der Waals surface area (Å²) in [5.41, 5.74) is 1.67. The van der Waals surface area contributed by atoms with Gasteiger partial charge in [0.05, 0.1) is 5.69 Å². The first kappa shape index (κ1) is 20.1. The van der Waals surface area contributed by atoms with Crippen LogP contribution in [0.25, 0.3) is 0 Å². The Morgan fingerprint density at radius 1 is 1.07 bits per heavy atom. The zero-order chi connectivity index (χ0) is 20.9. The number of rotatable bonds is 2. The van der Waals surface area contributed by atoms with Crippen LogP contribution in [0.2, 0.25) is 10.0 Å². The normalized spacial score (nSPS) is 21.4. The first-order valence-corrected chi connectivity index (χ1v) is 10.2. The molecule has 1 aliphatic heterocycles. The number of Topliss-reactive ketones (excluding diaryl/α,β-unsaturated/α-hetero) is 1. The van der Waals surface area contributed by atoms with Crippen LogP contribution in [0.15, 0.2) is 53.7 Å². The minimum atomic E-state index is -0.494. The number of para-hydroxylation sites is 1. The fraction of sp³-hybridized carbons (Fsp3) is 0.304. The lowest BCUT2D eigenvalue weighted by Crippen LogP contribution is -2.44. The fourth-order valence-electron chi connectivity index (χ4n) is 4.38. The van der Waals surface area contributed by atoms with Gasteiger partial charge in [-0.25, -0.2) is 4.39 Å². The molecule has 2 aliphatic rings. The zero-order valence-corrected chi connectivity index (χ0v) is 17.6. The van der Waals surface area contributed by atoms with Crippen LogP contribution in [-0.2, 0) is 9.59 Å². The van der Waals surface area contributed by atoms with E-state index >= 15 is 0 Å². The number of nitrogens with zero attached hydrogens (tertiary/aromatic N) is 1. The van der Waals surface area contributed by atoms with Gasteiger partial charge in [-0.15, -0.1) is 0 Å². The van der Waals surface area contributed by atoms with Crippen molar-refractivity contribution < 1.29 is 14.0 Å². The van der Waals surface area contributed by atoms with Gasteiger partial charge in [-0.05, 0) is 41.7 Å². The van der Waals surface area contributed by atoms with E-state index in [1.165, 1.54) is 11.0 Å². The van der Waals surface area contributed by atoms with Gasteiger partial charge in [-0.3, -0.25) is 14.5 Å². The van der Waals surface area contributed by atoms with Crippen molar-refractivity contribution in [3.05, 3.63) is 75.2 Å². The van der Waals surface area contributed by atoms with Gasteiger partial charge in [0.1, 0.15) is 5.82 Å². The number of hydrogen-bond acceptors (Lipinski definition) is 2. The molecule has 1 aliphatic carbocycles. The van der Waals surface area contributed by atoms with Crippen LogP contribution in [0.4, 0.5) is 10.1 Å². The molecule has 1 unspecified atom stereocenters. The standard InChI is InChI=1S/C23H20Cl2FNO2/c1-23(2)11-19-22(20(28)12-23)15(14-8-7-13(24)9-16(14)25)10-21(29)27(19)18-6-4-3-5-17(18)26/h3-9,15H,10-12H2,1-2H3. The Hall–Kier alpha value is -2.17. The van der Waals surface area contributed by atoms with Gasteiger partial charge in [-0.1, -0.05) is 55.2 Å². The topological polar surface area (TPSA) is 37.4 Å². The van der Waals surface area contributed by atoms with Crippen LogP contribution < -0.4 is 4.90 Å². The van der Waals surface area contributed by atoms with Crippen molar-refractivity contribution >= 4 is 40.6 Å². The number of benzene rings is 2. The van der Waals surface area contributed by atoms with Crippen molar-refractivity contribution in [3.63, 3.8) is 0 Å². The first-order chi connectivity index (χ1) is 13.7. The van der Waals surface area contributed by atoms with Crippen LogP contribution in [0.1, 0.15) is 44.6 Å². The van der Waals surface area contributed by atoms with E-state index in [4.69, 9.17) is 23.2 Å².